The second-order valence-electron chi connectivity index (χ2n) is 5.64. The number of ether oxygens (including phenoxy) is 1. The lowest BCUT2D eigenvalue weighted by Gasteiger charge is -2.21. The minimum atomic E-state index is -0.948. The van der Waals surface area contributed by atoms with Crippen LogP contribution in [-0.2, 0) is 23.1 Å². The molecular formula is C17H20FN3O3. The monoisotopic (exact) mass is 333 g/mol. The Morgan fingerprint density at radius 2 is 2.12 bits per heavy atom. The molecule has 1 amide bonds. The first kappa shape index (κ1) is 17.7. The highest BCUT2D eigenvalue weighted by Gasteiger charge is 2.24. The molecule has 6 nitrogen and oxygen atoms in total. The Morgan fingerprint density at radius 3 is 2.71 bits per heavy atom. The summed E-state index contributed by atoms with van der Waals surface area (Å²) in [5, 5.41) is 3.97. The van der Waals surface area contributed by atoms with Gasteiger partial charge in [-0.05, 0) is 31.5 Å². The molecule has 0 aliphatic heterocycles. The summed E-state index contributed by atoms with van der Waals surface area (Å²) in [4.78, 5) is 25.8. The largest absolute Gasteiger partial charge is 0.449 e. The van der Waals surface area contributed by atoms with Crippen molar-refractivity contribution in [1.29, 1.82) is 0 Å². The molecule has 0 spiro atoms. The van der Waals surface area contributed by atoms with Gasteiger partial charge in [0.05, 0.1) is 6.20 Å². The normalized spacial score (nSPS) is 11.9. The Balaban J connectivity index is 1.98. The van der Waals surface area contributed by atoms with Gasteiger partial charge in [-0.1, -0.05) is 12.1 Å². The molecule has 1 aromatic carbocycles. The number of halogens is 1. The van der Waals surface area contributed by atoms with Crippen molar-refractivity contribution >= 4 is 11.9 Å². The zero-order valence-corrected chi connectivity index (χ0v) is 14.1. The number of hydrogen-bond donors (Lipinski definition) is 0. The fourth-order valence-electron chi connectivity index (χ4n) is 2.27. The second kappa shape index (κ2) is 7.25. The maximum Gasteiger partial charge on any atom is 0.342 e. The average molecular weight is 333 g/mol. The molecule has 0 aliphatic rings. The van der Waals surface area contributed by atoms with E-state index < -0.39 is 12.1 Å². The van der Waals surface area contributed by atoms with E-state index in [0.717, 1.165) is 0 Å². The Morgan fingerprint density at radius 1 is 1.42 bits per heavy atom. The molecule has 0 aliphatic carbocycles. The third-order valence-corrected chi connectivity index (χ3v) is 3.77. The molecule has 24 heavy (non-hydrogen) atoms. The number of esters is 1. The molecule has 2 aromatic rings. The summed E-state index contributed by atoms with van der Waals surface area (Å²) in [7, 11) is 3.29. The number of carbonyl (C=O) groups excluding carboxylic acids is 2. The predicted molar refractivity (Wildman–Crippen MR) is 85.7 cm³/mol. The van der Waals surface area contributed by atoms with Gasteiger partial charge in [-0.3, -0.25) is 9.48 Å². The summed E-state index contributed by atoms with van der Waals surface area (Å²) in [6, 6.07) is 6.01. The second-order valence-corrected chi connectivity index (χ2v) is 5.64. The number of hydrogen-bond acceptors (Lipinski definition) is 4. The van der Waals surface area contributed by atoms with E-state index in [0.29, 0.717) is 16.8 Å². The number of likely N-dealkylation sites (N-methyl/N-ethyl adjacent to an activating group) is 1. The Kier molecular flexibility index (Phi) is 5.33. The van der Waals surface area contributed by atoms with Crippen LogP contribution in [0.4, 0.5) is 4.39 Å². The molecule has 1 unspecified atom stereocenters. The lowest BCUT2D eigenvalue weighted by molar-refractivity contribution is -0.139. The van der Waals surface area contributed by atoms with Crippen molar-refractivity contribution in [2.24, 2.45) is 7.05 Å². The minimum absolute atomic E-state index is 0.227. The number of aromatic nitrogens is 2. The van der Waals surface area contributed by atoms with E-state index in [1.807, 2.05) is 0 Å². The third-order valence-electron chi connectivity index (χ3n) is 3.77. The smallest absolute Gasteiger partial charge is 0.342 e. The highest BCUT2D eigenvalue weighted by molar-refractivity contribution is 5.92. The number of aryl methyl sites for hydroxylation is 1. The standard InChI is InChI=1S/C17H20FN3O3/c1-11-15(9-19-21(11)4)17(23)24-12(2)16(22)20(3)10-13-6-5-7-14(18)8-13/h5-9,12H,10H2,1-4H3. The van der Waals surface area contributed by atoms with Gasteiger partial charge in [-0.2, -0.15) is 5.10 Å². The van der Waals surface area contributed by atoms with Crippen LogP contribution in [0.25, 0.3) is 0 Å². The first-order valence-electron chi connectivity index (χ1n) is 7.48. The van der Waals surface area contributed by atoms with E-state index in [1.54, 1.807) is 37.8 Å². The molecule has 7 heteroatoms. The van der Waals surface area contributed by atoms with Gasteiger partial charge in [0.1, 0.15) is 11.4 Å². The molecule has 0 radical (unpaired) electrons. The molecule has 128 valence electrons. The fraction of sp³-hybridized carbons (Fsp3) is 0.353. The number of carbonyl (C=O) groups is 2. The van der Waals surface area contributed by atoms with Crippen LogP contribution in [-0.4, -0.2) is 39.7 Å². The van der Waals surface area contributed by atoms with Crippen molar-refractivity contribution in [1.82, 2.24) is 14.7 Å². The summed E-state index contributed by atoms with van der Waals surface area (Å²) < 4.78 is 20.0. The van der Waals surface area contributed by atoms with Crippen LogP contribution in [0.15, 0.2) is 30.5 Å². The van der Waals surface area contributed by atoms with Crippen molar-refractivity contribution in [2.75, 3.05) is 7.05 Å². The van der Waals surface area contributed by atoms with Crippen LogP contribution in [0, 0.1) is 12.7 Å². The van der Waals surface area contributed by atoms with Crippen molar-refractivity contribution in [3.05, 3.63) is 53.1 Å². The van der Waals surface area contributed by atoms with Crippen LogP contribution < -0.4 is 0 Å². The van der Waals surface area contributed by atoms with E-state index in [9.17, 15) is 14.0 Å². The Labute approximate surface area is 139 Å². The summed E-state index contributed by atoms with van der Waals surface area (Å²) in [6.45, 7) is 3.48. The van der Waals surface area contributed by atoms with Crippen LogP contribution >= 0.6 is 0 Å². The highest BCUT2D eigenvalue weighted by atomic mass is 19.1. The van der Waals surface area contributed by atoms with Crippen molar-refractivity contribution in [3.63, 3.8) is 0 Å². The Bertz CT molecular complexity index is 757. The zero-order valence-electron chi connectivity index (χ0n) is 14.1. The molecule has 1 aromatic heterocycles. The van der Waals surface area contributed by atoms with E-state index in [4.69, 9.17) is 4.74 Å². The molecule has 0 saturated carbocycles. The summed E-state index contributed by atoms with van der Waals surface area (Å²) >= 11 is 0. The van der Waals surface area contributed by atoms with E-state index in [2.05, 4.69) is 5.10 Å². The number of rotatable bonds is 5. The summed E-state index contributed by atoms with van der Waals surface area (Å²) in [6.07, 6.45) is 0.460. The number of nitrogens with zero attached hydrogens (tertiary/aromatic N) is 3. The average Bonchev–Trinajstić information content (AvgIpc) is 2.86. The predicted octanol–water partition coefficient (Wildman–Crippen LogP) is 2.07. The number of benzene rings is 1. The van der Waals surface area contributed by atoms with Gasteiger partial charge in [-0.25, -0.2) is 9.18 Å². The van der Waals surface area contributed by atoms with Gasteiger partial charge in [-0.15, -0.1) is 0 Å². The first-order chi connectivity index (χ1) is 11.3. The highest BCUT2D eigenvalue weighted by Crippen LogP contribution is 2.11. The summed E-state index contributed by atoms with van der Waals surface area (Å²) in [5.74, 6) is -1.32. The molecule has 1 atom stereocenters. The van der Waals surface area contributed by atoms with Crippen LogP contribution in [0.2, 0.25) is 0 Å². The molecule has 0 saturated heterocycles. The quantitative estimate of drug-likeness (QED) is 0.786. The zero-order chi connectivity index (χ0) is 17.9. The maximum absolute atomic E-state index is 13.2. The molecule has 0 bridgehead atoms. The summed E-state index contributed by atoms with van der Waals surface area (Å²) in [5.41, 5.74) is 1.64. The van der Waals surface area contributed by atoms with Crippen LogP contribution in [0.1, 0.15) is 28.5 Å². The first-order valence-corrected chi connectivity index (χ1v) is 7.48. The van der Waals surface area contributed by atoms with Gasteiger partial charge in [0.2, 0.25) is 0 Å². The van der Waals surface area contributed by atoms with E-state index in [-0.39, 0.29) is 18.3 Å². The number of amides is 1. The SMILES string of the molecule is Cc1c(C(=O)OC(C)C(=O)N(C)Cc2cccc(F)c2)cnn1C. The topological polar surface area (TPSA) is 64.4 Å². The minimum Gasteiger partial charge on any atom is -0.449 e. The molecule has 0 N–H and O–H groups in total. The van der Waals surface area contributed by atoms with Gasteiger partial charge < -0.3 is 9.64 Å². The van der Waals surface area contributed by atoms with Crippen molar-refractivity contribution in [3.8, 4) is 0 Å². The molecule has 2 rings (SSSR count). The van der Waals surface area contributed by atoms with E-state index >= 15 is 0 Å². The van der Waals surface area contributed by atoms with E-state index in [1.165, 1.54) is 30.2 Å². The molecular weight excluding hydrogens is 313 g/mol. The van der Waals surface area contributed by atoms with Crippen LogP contribution in [0.5, 0.6) is 0 Å². The lowest BCUT2D eigenvalue weighted by atomic mass is 10.2. The third kappa shape index (κ3) is 3.98. The lowest BCUT2D eigenvalue weighted by Crippen LogP contribution is -2.37. The van der Waals surface area contributed by atoms with Gasteiger partial charge in [0, 0.05) is 26.3 Å². The molecule has 0 fully saturated rings. The van der Waals surface area contributed by atoms with Crippen LogP contribution in [0.3, 0.4) is 0 Å². The van der Waals surface area contributed by atoms with Gasteiger partial charge in [0.25, 0.3) is 5.91 Å². The maximum atomic E-state index is 13.2. The Hall–Kier alpha value is -2.70. The fourth-order valence-corrected chi connectivity index (χ4v) is 2.27. The molecule has 1 heterocycles. The van der Waals surface area contributed by atoms with Crippen molar-refractivity contribution in [2.45, 2.75) is 26.5 Å². The van der Waals surface area contributed by atoms with Crippen molar-refractivity contribution < 1.29 is 18.7 Å². The van der Waals surface area contributed by atoms with Gasteiger partial charge in [0.15, 0.2) is 6.10 Å². The van der Waals surface area contributed by atoms with Gasteiger partial charge >= 0.3 is 5.97 Å².